The molecule has 0 bridgehead atoms. The third kappa shape index (κ3) is 2.86. The Balaban J connectivity index is 2.12. The van der Waals surface area contributed by atoms with E-state index in [9.17, 15) is 4.79 Å². The summed E-state index contributed by atoms with van der Waals surface area (Å²) in [6, 6.07) is 0. The van der Waals surface area contributed by atoms with E-state index in [1.807, 2.05) is 0 Å². The quantitative estimate of drug-likeness (QED) is 0.571. The summed E-state index contributed by atoms with van der Waals surface area (Å²) in [6.07, 6.45) is 1.65. The van der Waals surface area contributed by atoms with Crippen molar-refractivity contribution in [3.05, 3.63) is 0 Å². The third-order valence-corrected chi connectivity index (χ3v) is 1.66. The summed E-state index contributed by atoms with van der Waals surface area (Å²) in [7, 11) is 0. The van der Waals surface area contributed by atoms with Crippen LogP contribution in [0, 0.1) is 0 Å². The van der Waals surface area contributed by atoms with Gasteiger partial charge in [-0.05, 0) is 12.8 Å². The predicted octanol–water partition coefficient (Wildman–Crippen LogP) is -0.726. The number of rotatable bonds is 3. The van der Waals surface area contributed by atoms with E-state index in [0.717, 1.165) is 12.8 Å². The summed E-state index contributed by atoms with van der Waals surface area (Å²) < 4.78 is 5.17. The van der Waals surface area contributed by atoms with Gasteiger partial charge in [0.1, 0.15) is 6.61 Å². The summed E-state index contributed by atoms with van der Waals surface area (Å²) in [4.78, 5) is 10.6. The Bertz CT molecular complexity index is 128. The van der Waals surface area contributed by atoms with Crippen LogP contribution in [-0.4, -0.2) is 36.9 Å². The maximum absolute atomic E-state index is 10.6. The molecular formula is C7H13NO3. The normalized spacial score (nSPS) is 24.8. The van der Waals surface area contributed by atoms with Gasteiger partial charge >= 0.3 is 0 Å². The average Bonchev–Trinajstić information content (AvgIpc) is 2.04. The first-order valence-electron chi connectivity index (χ1n) is 3.82. The molecule has 0 aromatic rings. The summed E-state index contributed by atoms with van der Waals surface area (Å²) in [5.41, 5.74) is 0. The van der Waals surface area contributed by atoms with Crippen molar-refractivity contribution in [3.63, 3.8) is 0 Å². The number of ether oxygens (including phenoxy) is 1. The molecule has 0 aromatic carbocycles. The minimum atomic E-state index is -0.0507. The molecule has 1 aliphatic rings. The van der Waals surface area contributed by atoms with Crippen molar-refractivity contribution < 1.29 is 14.6 Å². The number of carbonyl (C=O) groups excluding carboxylic acids is 1. The van der Waals surface area contributed by atoms with Gasteiger partial charge in [0.15, 0.2) is 0 Å². The Hall–Kier alpha value is -0.610. The SMILES string of the molecule is O=C1COC(CCCO)CN1. The van der Waals surface area contributed by atoms with Gasteiger partial charge in [0.2, 0.25) is 5.91 Å². The fourth-order valence-electron chi connectivity index (χ4n) is 1.04. The van der Waals surface area contributed by atoms with Crippen LogP contribution in [0.1, 0.15) is 12.8 Å². The van der Waals surface area contributed by atoms with E-state index in [4.69, 9.17) is 9.84 Å². The first-order valence-corrected chi connectivity index (χ1v) is 3.82. The predicted molar refractivity (Wildman–Crippen MR) is 39.1 cm³/mol. The smallest absolute Gasteiger partial charge is 0.246 e. The van der Waals surface area contributed by atoms with Crippen LogP contribution in [-0.2, 0) is 9.53 Å². The molecule has 4 heteroatoms. The monoisotopic (exact) mass is 159 g/mol. The molecule has 1 fully saturated rings. The summed E-state index contributed by atoms with van der Waals surface area (Å²) in [5.74, 6) is -0.0507. The van der Waals surface area contributed by atoms with Gasteiger partial charge in [-0.25, -0.2) is 0 Å². The van der Waals surface area contributed by atoms with Gasteiger partial charge in [-0.3, -0.25) is 4.79 Å². The molecule has 4 nitrogen and oxygen atoms in total. The molecule has 1 atom stereocenters. The van der Waals surface area contributed by atoms with Crippen molar-refractivity contribution in [2.24, 2.45) is 0 Å². The van der Waals surface area contributed by atoms with Gasteiger partial charge in [0.25, 0.3) is 0 Å². The largest absolute Gasteiger partial charge is 0.396 e. The van der Waals surface area contributed by atoms with Gasteiger partial charge in [0.05, 0.1) is 6.10 Å². The minimum Gasteiger partial charge on any atom is -0.396 e. The zero-order chi connectivity index (χ0) is 8.10. The highest BCUT2D eigenvalue weighted by Gasteiger charge is 2.17. The lowest BCUT2D eigenvalue weighted by Crippen LogP contribution is -2.42. The second-order valence-electron chi connectivity index (χ2n) is 2.60. The number of amides is 1. The fourth-order valence-corrected chi connectivity index (χ4v) is 1.04. The maximum Gasteiger partial charge on any atom is 0.246 e. The number of hydrogen-bond acceptors (Lipinski definition) is 3. The molecule has 64 valence electrons. The highest BCUT2D eigenvalue weighted by Crippen LogP contribution is 2.03. The molecule has 1 heterocycles. The molecule has 1 unspecified atom stereocenters. The van der Waals surface area contributed by atoms with Gasteiger partial charge in [-0.2, -0.15) is 0 Å². The fraction of sp³-hybridized carbons (Fsp3) is 0.857. The molecule has 1 saturated heterocycles. The first kappa shape index (κ1) is 8.49. The second kappa shape index (κ2) is 4.31. The van der Waals surface area contributed by atoms with E-state index in [0.29, 0.717) is 6.54 Å². The van der Waals surface area contributed by atoms with Gasteiger partial charge in [0, 0.05) is 13.2 Å². The van der Waals surface area contributed by atoms with Crippen molar-refractivity contribution in [1.29, 1.82) is 0 Å². The number of hydrogen-bond donors (Lipinski definition) is 2. The van der Waals surface area contributed by atoms with Crippen LogP contribution in [0.4, 0.5) is 0 Å². The molecule has 11 heavy (non-hydrogen) atoms. The Morgan fingerprint density at radius 1 is 1.73 bits per heavy atom. The van der Waals surface area contributed by atoms with E-state index in [1.54, 1.807) is 0 Å². The molecular weight excluding hydrogens is 146 g/mol. The third-order valence-electron chi connectivity index (χ3n) is 1.66. The lowest BCUT2D eigenvalue weighted by molar-refractivity contribution is -0.133. The Labute approximate surface area is 65.5 Å². The van der Waals surface area contributed by atoms with Crippen LogP contribution in [0.25, 0.3) is 0 Å². The van der Waals surface area contributed by atoms with Crippen LogP contribution in [0.3, 0.4) is 0 Å². The van der Waals surface area contributed by atoms with E-state index in [2.05, 4.69) is 5.32 Å². The van der Waals surface area contributed by atoms with Gasteiger partial charge < -0.3 is 15.2 Å². The van der Waals surface area contributed by atoms with Crippen molar-refractivity contribution in [2.45, 2.75) is 18.9 Å². The van der Waals surface area contributed by atoms with Gasteiger partial charge in [-0.15, -0.1) is 0 Å². The standard InChI is InChI=1S/C7H13NO3/c9-3-1-2-6-4-8-7(10)5-11-6/h6,9H,1-5H2,(H,8,10). The summed E-state index contributed by atoms with van der Waals surface area (Å²) >= 11 is 0. The van der Waals surface area contributed by atoms with Crippen molar-refractivity contribution >= 4 is 5.91 Å². The number of nitrogens with one attached hydrogen (secondary N) is 1. The van der Waals surface area contributed by atoms with E-state index in [-0.39, 0.29) is 25.2 Å². The minimum absolute atomic E-state index is 0.0507. The molecule has 0 radical (unpaired) electrons. The van der Waals surface area contributed by atoms with Crippen LogP contribution >= 0.6 is 0 Å². The maximum atomic E-state index is 10.6. The summed E-state index contributed by atoms with van der Waals surface area (Å²) in [6.45, 7) is 0.933. The molecule has 2 N–H and O–H groups in total. The molecule has 0 aliphatic carbocycles. The average molecular weight is 159 g/mol. The van der Waals surface area contributed by atoms with Crippen molar-refractivity contribution in [2.75, 3.05) is 19.8 Å². The Morgan fingerprint density at radius 2 is 2.55 bits per heavy atom. The van der Waals surface area contributed by atoms with Crippen molar-refractivity contribution in [1.82, 2.24) is 5.32 Å². The van der Waals surface area contributed by atoms with Crippen LogP contribution in [0.2, 0.25) is 0 Å². The first-order chi connectivity index (χ1) is 5.33. The number of aliphatic hydroxyl groups is 1. The summed E-state index contributed by atoms with van der Waals surface area (Å²) in [5, 5.41) is 11.2. The number of carbonyl (C=O) groups is 1. The number of morpholine rings is 1. The second-order valence-corrected chi connectivity index (χ2v) is 2.60. The lowest BCUT2D eigenvalue weighted by atomic mass is 10.2. The topological polar surface area (TPSA) is 58.6 Å². The van der Waals surface area contributed by atoms with E-state index in [1.165, 1.54) is 0 Å². The van der Waals surface area contributed by atoms with E-state index >= 15 is 0 Å². The van der Waals surface area contributed by atoms with Crippen LogP contribution in [0.15, 0.2) is 0 Å². The van der Waals surface area contributed by atoms with Gasteiger partial charge in [-0.1, -0.05) is 0 Å². The number of aliphatic hydroxyl groups excluding tert-OH is 1. The van der Waals surface area contributed by atoms with E-state index < -0.39 is 0 Å². The zero-order valence-corrected chi connectivity index (χ0v) is 6.38. The lowest BCUT2D eigenvalue weighted by Gasteiger charge is -2.22. The highest BCUT2D eigenvalue weighted by molar-refractivity contribution is 5.77. The highest BCUT2D eigenvalue weighted by atomic mass is 16.5. The molecule has 0 spiro atoms. The van der Waals surface area contributed by atoms with Crippen LogP contribution < -0.4 is 5.32 Å². The van der Waals surface area contributed by atoms with Crippen LogP contribution in [0.5, 0.6) is 0 Å². The molecule has 1 amide bonds. The Morgan fingerprint density at radius 3 is 3.09 bits per heavy atom. The molecule has 0 aromatic heterocycles. The Kier molecular flexibility index (Phi) is 3.32. The van der Waals surface area contributed by atoms with Crippen molar-refractivity contribution in [3.8, 4) is 0 Å². The molecule has 1 rings (SSSR count). The zero-order valence-electron chi connectivity index (χ0n) is 6.38. The molecule has 1 aliphatic heterocycles. The molecule has 0 saturated carbocycles.